The number of fused-ring (bicyclic) bond motifs is 1. The van der Waals surface area contributed by atoms with E-state index in [0.29, 0.717) is 32.7 Å². The molecule has 1 unspecified atom stereocenters. The van der Waals surface area contributed by atoms with Gasteiger partial charge in [-0.1, -0.05) is 0 Å². The van der Waals surface area contributed by atoms with Crippen molar-refractivity contribution >= 4 is 41.9 Å². The van der Waals surface area contributed by atoms with Crippen LogP contribution in [0.5, 0.6) is 5.75 Å². The van der Waals surface area contributed by atoms with Crippen LogP contribution in [0.1, 0.15) is 46.4 Å². The lowest BCUT2D eigenvalue weighted by atomic mass is 10.0. The van der Waals surface area contributed by atoms with Gasteiger partial charge in [0, 0.05) is 26.2 Å². The van der Waals surface area contributed by atoms with E-state index in [9.17, 15) is 24.0 Å². The quantitative estimate of drug-likeness (QED) is 0.288. The fourth-order valence-electron chi connectivity index (χ4n) is 3.43. The van der Waals surface area contributed by atoms with Gasteiger partial charge in [-0.2, -0.15) is 0 Å². The van der Waals surface area contributed by atoms with E-state index in [1.807, 2.05) is 0 Å². The summed E-state index contributed by atoms with van der Waals surface area (Å²) in [5.74, 6) is -2.43. The Kier molecular flexibility index (Phi) is 9.76. The number of amides is 5. The third-order valence-corrected chi connectivity index (χ3v) is 5.06. The molecule has 1 atom stereocenters. The summed E-state index contributed by atoms with van der Waals surface area (Å²) >= 11 is 0. The Labute approximate surface area is 196 Å². The molecule has 2 heterocycles. The highest BCUT2D eigenvalue weighted by Gasteiger charge is 2.44. The zero-order valence-electron chi connectivity index (χ0n) is 18.0. The number of rotatable bonds is 11. The lowest BCUT2D eigenvalue weighted by Crippen LogP contribution is -2.54. The van der Waals surface area contributed by atoms with E-state index < -0.39 is 29.7 Å². The van der Waals surface area contributed by atoms with E-state index in [-0.39, 0.29) is 54.6 Å². The summed E-state index contributed by atoms with van der Waals surface area (Å²) in [6.45, 7) is 1.86. The maximum Gasteiger partial charge on any atom is 0.262 e. The smallest absolute Gasteiger partial charge is 0.262 e. The number of halogens is 1. The Hall–Kier alpha value is -3.02. The molecular formula is C21H27ClN4O7. The third-order valence-electron chi connectivity index (χ3n) is 5.06. The van der Waals surface area contributed by atoms with Crippen molar-refractivity contribution in [3.63, 3.8) is 0 Å². The van der Waals surface area contributed by atoms with Crippen LogP contribution in [0.4, 0.5) is 0 Å². The molecule has 2 aliphatic heterocycles. The Bertz CT molecular complexity index is 924. The summed E-state index contributed by atoms with van der Waals surface area (Å²) < 4.78 is 10.8. The van der Waals surface area contributed by atoms with Crippen molar-refractivity contribution in [3.05, 3.63) is 29.3 Å². The van der Waals surface area contributed by atoms with Crippen LogP contribution >= 0.6 is 12.4 Å². The van der Waals surface area contributed by atoms with Gasteiger partial charge < -0.3 is 20.5 Å². The Morgan fingerprint density at radius 2 is 1.85 bits per heavy atom. The molecule has 0 aliphatic carbocycles. The third kappa shape index (κ3) is 6.50. The normalized spacial score (nSPS) is 17.4. The second-order valence-electron chi connectivity index (χ2n) is 7.40. The molecule has 12 heteroatoms. The van der Waals surface area contributed by atoms with Gasteiger partial charge in [0.2, 0.25) is 11.8 Å². The van der Waals surface area contributed by atoms with Crippen molar-refractivity contribution in [3.8, 4) is 5.75 Å². The minimum atomic E-state index is -1.03. The number of imide groups is 2. The van der Waals surface area contributed by atoms with Crippen LogP contribution in [-0.2, 0) is 19.1 Å². The summed E-state index contributed by atoms with van der Waals surface area (Å²) in [6, 6.07) is 3.25. The summed E-state index contributed by atoms with van der Waals surface area (Å²) in [5.41, 5.74) is 5.60. The molecule has 0 aromatic heterocycles. The highest BCUT2D eigenvalue weighted by atomic mass is 35.5. The van der Waals surface area contributed by atoms with Crippen LogP contribution in [0.2, 0.25) is 0 Å². The Morgan fingerprint density at radius 1 is 1.12 bits per heavy atom. The van der Waals surface area contributed by atoms with Crippen molar-refractivity contribution in [1.29, 1.82) is 0 Å². The van der Waals surface area contributed by atoms with Gasteiger partial charge in [0.15, 0.2) is 6.61 Å². The number of ether oxygens (including phenoxy) is 2. The van der Waals surface area contributed by atoms with Crippen molar-refractivity contribution in [2.75, 3.05) is 32.9 Å². The van der Waals surface area contributed by atoms with Crippen LogP contribution in [0.3, 0.4) is 0 Å². The van der Waals surface area contributed by atoms with E-state index in [1.165, 1.54) is 18.2 Å². The first kappa shape index (κ1) is 26.2. The zero-order valence-corrected chi connectivity index (χ0v) is 18.8. The van der Waals surface area contributed by atoms with E-state index in [1.54, 1.807) is 0 Å². The average molecular weight is 483 g/mol. The highest BCUT2D eigenvalue weighted by Crippen LogP contribution is 2.30. The predicted molar refractivity (Wildman–Crippen MR) is 118 cm³/mol. The minimum absolute atomic E-state index is 0. The SMILES string of the molecule is Cl.NCCCOCCCNC(=O)COc1ccc2c(c1)C(=O)N(C1CCC(=O)NC1=O)C2=O. The topological polar surface area (TPSA) is 157 Å². The maximum atomic E-state index is 12.8. The zero-order chi connectivity index (χ0) is 23.1. The molecule has 3 rings (SSSR count). The van der Waals surface area contributed by atoms with Crippen LogP contribution in [0, 0.1) is 0 Å². The molecule has 1 fully saturated rings. The molecule has 0 radical (unpaired) electrons. The molecule has 2 aliphatic rings. The molecule has 1 saturated heterocycles. The first-order valence-corrected chi connectivity index (χ1v) is 10.5. The number of carbonyl (C=O) groups is 5. The second kappa shape index (κ2) is 12.3. The molecule has 180 valence electrons. The minimum Gasteiger partial charge on any atom is -0.484 e. The molecule has 1 aromatic carbocycles. The Morgan fingerprint density at radius 3 is 2.58 bits per heavy atom. The average Bonchev–Trinajstić information content (AvgIpc) is 3.01. The largest absolute Gasteiger partial charge is 0.484 e. The lowest BCUT2D eigenvalue weighted by molar-refractivity contribution is -0.136. The van der Waals surface area contributed by atoms with Crippen LogP contribution < -0.4 is 21.1 Å². The second-order valence-corrected chi connectivity index (χ2v) is 7.40. The van der Waals surface area contributed by atoms with Gasteiger partial charge in [-0.3, -0.25) is 34.2 Å². The van der Waals surface area contributed by atoms with Gasteiger partial charge in [-0.15, -0.1) is 12.4 Å². The van der Waals surface area contributed by atoms with Gasteiger partial charge in [0.25, 0.3) is 17.7 Å². The van der Waals surface area contributed by atoms with E-state index in [4.69, 9.17) is 15.2 Å². The summed E-state index contributed by atoms with van der Waals surface area (Å²) in [4.78, 5) is 61.7. The number of nitrogens with one attached hydrogen (secondary N) is 2. The van der Waals surface area contributed by atoms with Gasteiger partial charge in [-0.25, -0.2) is 0 Å². The van der Waals surface area contributed by atoms with E-state index >= 15 is 0 Å². The number of carbonyl (C=O) groups excluding carboxylic acids is 5. The van der Waals surface area contributed by atoms with Crippen molar-refractivity contribution in [2.45, 2.75) is 31.7 Å². The van der Waals surface area contributed by atoms with E-state index in [0.717, 1.165) is 11.3 Å². The molecule has 1 aromatic rings. The van der Waals surface area contributed by atoms with Gasteiger partial charge in [0.1, 0.15) is 11.8 Å². The number of hydrogen-bond acceptors (Lipinski definition) is 8. The monoisotopic (exact) mass is 482 g/mol. The molecule has 11 nitrogen and oxygen atoms in total. The fourth-order valence-corrected chi connectivity index (χ4v) is 3.43. The Balaban J connectivity index is 0.00000385. The van der Waals surface area contributed by atoms with Crippen LogP contribution in [0.25, 0.3) is 0 Å². The standard InChI is InChI=1S/C21H26N4O7.ClH/c22-7-1-9-31-10-2-8-23-18(27)12-32-13-3-4-14-15(11-13)21(30)25(20(14)29)16-5-6-17(26)24-19(16)28;/h3-4,11,16H,1-2,5-10,12,22H2,(H,23,27)(H,24,26,28);1H. The van der Waals surface area contributed by atoms with Gasteiger partial charge in [-0.05, 0) is 44.0 Å². The first-order chi connectivity index (χ1) is 15.4. The summed E-state index contributed by atoms with van der Waals surface area (Å²) in [7, 11) is 0. The molecule has 33 heavy (non-hydrogen) atoms. The first-order valence-electron chi connectivity index (χ1n) is 10.5. The summed E-state index contributed by atoms with van der Waals surface area (Å²) in [6.07, 6.45) is 1.58. The molecule has 0 saturated carbocycles. The number of nitrogens with two attached hydrogens (primary N) is 1. The van der Waals surface area contributed by atoms with Gasteiger partial charge >= 0.3 is 0 Å². The van der Waals surface area contributed by atoms with Crippen molar-refractivity contribution < 1.29 is 33.4 Å². The fraction of sp³-hybridized carbons (Fsp3) is 0.476. The van der Waals surface area contributed by atoms with Crippen LogP contribution in [0.15, 0.2) is 18.2 Å². The lowest BCUT2D eigenvalue weighted by Gasteiger charge is -2.27. The number of hydrogen-bond donors (Lipinski definition) is 3. The number of benzene rings is 1. The highest BCUT2D eigenvalue weighted by molar-refractivity contribution is 6.23. The number of piperidine rings is 1. The van der Waals surface area contributed by atoms with Crippen LogP contribution in [-0.4, -0.2) is 73.4 Å². The summed E-state index contributed by atoms with van der Waals surface area (Å²) in [5, 5.41) is 4.85. The molecule has 4 N–H and O–H groups in total. The van der Waals surface area contributed by atoms with E-state index in [2.05, 4.69) is 10.6 Å². The predicted octanol–water partition coefficient (Wildman–Crippen LogP) is -0.240. The molecular weight excluding hydrogens is 456 g/mol. The number of nitrogens with zero attached hydrogens (tertiary/aromatic N) is 1. The van der Waals surface area contributed by atoms with Crippen molar-refractivity contribution in [1.82, 2.24) is 15.5 Å². The molecule has 0 bridgehead atoms. The van der Waals surface area contributed by atoms with Crippen molar-refractivity contribution in [2.24, 2.45) is 5.73 Å². The van der Waals surface area contributed by atoms with Gasteiger partial charge in [0.05, 0.1) is 11.1 Å². The maximum absolute atomic E-state index is 12.8. The molecule has 0 spiro atoms. The molecule has 5 amide bonds.